The fourth-order valence-electron chi connectivity index (χ4n) is 1.79. The Kier molecular flexibility index (Phi) is 4.57. The maximum absolute atomic E-state index is 11.1. The lowest BCUT2D eigenvalue weighted by Gasteiger charge is -2.13. The Hall–Kier alpha value is -2.08. The highest BCUT2D eigenvalue weighted by molar-refractivity contribution is 7.99. The first kappa shape index (κ1) is 14.3. The van der Waals surface area contributed by atoms with Crippen LogP contribution in [0.25, 0.3) is 10.8 Å². The van der Waals surface area contributed by atoms with Crippen molar-refractivity contribution in [1.29, 1.82) is 0 Å². The highest BCUT2D eigenvalue weighted by Crippen LogP contribution is 2.25. The van der Waals surface area contributed by atoms with Gasteiger partial charge < -0.3 is 10.4 Å². The summed E-state index contributed by atoms with van der Waals surface area (Å²) in [6.45, 7) is 1.30. The predicted octanol–water partition coefficient (Wildman–Crippen LogP) is 1.92. The summed E-state index contributed by atoms with van der Waals surface area (Å²) in [5.41, 5.74) is 0. The Morgan fingerprint density at radius 3 is 2.80 bits per heavy atom. The van der Waals surface area contributed by atoms with Gasteiger partial charge in [-0.15, -0.1) is 11.8 Å². The first-order valence-electron chi connectivity index (χ1n) is 6.04. The molecule has 1 atom stereocenters. The quantitative estimate of drug-likeness (QED) is 0.822. The topological polar surface area (TPSA) is 79.3 Å². The van der Waals surface area contributed by atoms with Crippen molar-refractivity contribution in [3.05, 3.63) is 36.5 Å². The van der Waals surface area contributed by atoms with Gasteiger partial charge in [-0.1, -0.05) is 24.3 Å². The van der Waals surface area contributed by atoms with E-state index in [1.165, 1.54) is 18.7 Å². The molecule has 2 rings (SSSR count). The van der Waals surface area contributed by atoms with Gasteiger partial charge in [0.1, 0.15) is 11.1 Å². The van der Waals surface area contributed by atoms with E-state index in [1.807, 2.05) is 30.3 Å². The number of benzene rings is 1. The zero-order valence-corrected chi connectivity index (χ0v) is 11.7. The smallest absolute Gasteiger partial charge is 0.327 e. The van der Waals surface area contributed by atoms with Crippen molar-refractivity contribution in [1.82, 2.24) is 10.3 Å². The van der Waals surface area contributed by atoms with Crippen molar-refractivity contribution in [3.63, 3.8) is 0 Å². The van der Waals surface area contributed by atoms with Crippen LogP contribution in [-0.2, 0) is 9.59 Å². The number of carbonyl (C=O) groups excluding carboxylic acids is 1. The van der Waals surface area contributed by atoms with Gasteiger partial charge in [0.05, 0.1) is 0 Å². The van der Waals surface area contributed by atoms with Gasteiger partial charge in [0, 0.05) is 24.3 Å². The van der Waals surface area contributed by atoms with Crippen molar-refractivity contribution in [2.75, 3.05) is 5.75 Å². The average molecular weight is 290 g/mol. The number of pyridine rings is 1. The van der Waals surface area contributed by atoms with Crippen molar-refractivity contribution < 1.29 is 14.7 Å². The Balaban J connectivity index is 2.15. The van der Waals surface area contributed by atoms with Crippen LogP contribution in [0.1, 0.15) is 6.92 Å². The zero-order valence-electron chi connectivity index (χ0n) is 10.9. The molecule has 0 saturated carbocycles. The van der Waals surface area contributed by atoms with Crippen molar-refractivity contribution in [2.45, 2.75) is 18.0 Å². The molecule has 2 aromatic rings. The summed E-state index contributed by atoms with van der Waals surface area (Å²) in [6, 6.07) is 8.76. The molecule has 2 N–H and O–H groups in total. The molecule has 1 amide bonds. The van der Waals surface area contributed by atoms with E-state index in [2.05, 4.69) is 10.3 Å². The summed E-state index contributed by atoms with van der Waals surface area (Å²) >= 11 is 1.32. The number of aromatic nitrogens is 1. The van der Waals surface area contributed by atoms with Gasteiger partial charge in [0.2, 0.25) is 5.91 Å². The highest BCUT2D eigenvalue weighted by Gasteiger charge is 2.19. The lowest BCUT2D eigenvalue weighted by Crippen LogP contribution is -2.41. The summed E-state index contributed by atoms with van der Waals surface area (Å²) in [5, 5.41) is 14.3. The minimum atomic E-state index is -1.05. The van der Waals surface area contributed by atoms with Crippen LogP contribution in [0.5, 0.6) is 0 Å². The van der Waals surface area contributed by atoms with Crippen molar-refractivity contribution in [3.8, 4) is 0 Å². The molecule has 0 unspecified atom stereocenters. The van der Waals surface area contributed by atoms with Crippen LogP contribution in [0.3, 0.4) is 0 Å². The van der Waals surface area contributed by atoms with Gasteiger partial charge in [0.15, 0.2) is 0 Å². The fraction of sp³-hybridized carbons (Fsp3) is 0.214. The second kappa shape index (κ2) is 6.38. The molecular weight excluding hydrogens is 276 g/mol. The van der Waals surface area contributed by atoms with E-state index < -0.39 is 12.0 Å². The number of carboxylic acid groups (broad SMARTS) is 1. The molecule has 0 bridgehead atoms. The van der Waals surface area contributed by atoms with E-state index in [-0.39, 0.29) is 11.7 Å². The standard InChI is InChI=1S/C14H14N2O3S/c1-9(17)16-12(14(18)19)8-20-13-11-5-3-2-4-10(11)6-7-15-13/h2-7,12H,8H2,1H3,(H,16,17)(H,18,19)/t12-/m0/s1. The molecule has 5 nitrogen and oxygen atoms in total. The molecule has 104 valence electrons. The van der Waals surface area contributed by atoms with E-state index in [0.29, 0.717) is 0 Å². The van der Waals surface area contributed by atoms with Gasteiger partial charge in [-0.05, 0) is 11.5 Å². The summed E-state index contributed by atoms with van der Waals surface area (Å²) in [7, 11) is 0. The number of hydrogen-bond acceptors (Lipinski definition) is 4. The Bertz CT molecular complexity index is 640. The maximum atomic E-state index is 11.1. The number of fused-ring (bicyclic) bond motifs is 1. The number of nitrogens with zero attached hydrogens (tertiary/aromatic N) is 1. The molecular formula is C14H14N2O3S. The van der Waals surface area contributed by atoms with Gasteiger partial charge >= 0.3 is 5.97 Å². The summed E-state index contributed by atoms with van der Waals surface area (Å²) < 4.78 is 0. The molecule has 0 spiro atoms. The second-order valence-electron chi connectivity index (χ2n) is 4.24. The molecule has 1 aromatic carbocycles. The molecule has 0 aliphatic carbocycles. The number of carbonyl (C=O) groups is 2. The first-order chi connectivity index (χ1) is 9.58. The number of carboxylic acids is 1. The summed E-state index contributed by atoms with van der Waals surface area (Å²) in [5.74, 6) is -1.17. The van der Waals surface area contributed by atoms with E-state index in [1.54, 1.807) is 6.20 Å². The molecule has 1 aromatic heterocycles. The van der Waals surface area contributed by atoms with Crippen LogP contribution in [0, 0.1) is 0 Å². The van der Waals surface area contributed by atoms with Gasteiger partial charge in [-0.2, -0.15) is 0 Å². The molecule has 0 aliphatic rings. The largest absolute Gasteiger partial charge is 0.480 e. The number of nitrogens with one attached hydrogen (secondary N) is 1. The average Bonchev–Trinajstić information content (AvgIpc) is 2.42. The van der Waals surface area contributed by atoms with Gasteiger partial charge in [-0.3, -0.25) is 4.79 Å². The third-order valence-corrected chi connectivity index (χ3v) is 3.80. The SMILES string of the molecule is CC(=O)N[C@@H](CSc1nccc2ccccc12)C(=O)O. The molecule has 0 saturated heterocycles. The number of aliphatic carboxylic acids is 1. The van der Waals surface area contributed by atoms with Crippen molar-refractivity contribution >= 4 is 34.4 Å². The molecule has 1 heterocycles. The number of rotatable bonds is 5. The maximum Gasteiger partial charge on any atom is 0.327 e. The predicted molar refractivity (Wildman–Crippen MR) is 77.7 cm³/mol. The number of hydrogen-bond donors (Lipinski definition) is 2. The summed E-state index contributed by atoms with van der Waals surface area (Å²) in [4.78, 5) is 26.3. The highest BCUT2D eigenvalue weighted by atomic mass is 32.2. The van der Waals surface area contributed by atoms with E-state index >= 15 is 0 Å². The van der Waals surface area contributed by atoms with E-state index in [9.17, 15) is 9.59 Å². The fourth-order valence-corrected chi connectivity index (χ4v) is 2.82. The van der Waals surface area contributed by atoms with Crippen LogP contribution < -0.4 is 5.32 Å². The molecule has 0 radical (unpaired) electrons. The van der Waals surface area contributed by atoms with Crippen LogP contribution in [0.15, 0.2) is 41.6 Å². The minimum Gasteiger partial charge on any atom is -0.480 e. The monoisotopic (exact) mass is 290 g/mol. The minimum absolute atomic E-state index is 0.232. The normalized spacial score (nSPS) is 12.1. The second-order valence-corrected chi connectivity index (χ2v) is 5.25. The Morgan fingerprint density at radius 1 is 1.35 bits per heavy atom. The summed E-state index contributed by atoms with van der Waals surface area (Å²) in [6.07, 6.45) is 1.69. The van der Waals surface area contributed by atoms with Crippen LogP contribution in [-0.4, -0.2) is 33.8 Å². The van der Waals surface area contributed by atoms with Gasteiger partial charge in [-0.25, -0.2) is 9.78 Å². The molecule has 20 heavy (non-hydrogen) atoms. The number of thioether (sulfide) groups is 1. The van der Waals surface area contributed by atoms with Gasteiger partial charge in [0.25, 0.3) is 0 Å². The van der Waals surface area contributed by atoms with Crippen LogP contribution in [0.2, 0.25) is 0 Å². The third kappa shape index (κ3) is 3.48. The zero-order chi connectivity index (χ0) is 14.5. The Labute approximate surface area is 120 Å². The lowest BCUT2D eigenvalue weighted by atomic mass is 10.2. The first-order valence-corrected chi connectivity index (χ1v) is 7.03. The molecule has 0 fully saturated rings. The molecule has 6 heteroatoms. The van der Waals surface area contributed by atoms with Crippen LogP contribution >= 0.6 is 11.8 Å². The Morgan fingerprint density at radius 2 is 2.10 bits per heavy atom. The number of amides is 1. The van der Waals surface area contributed by atoms with E-state index in [0.717, 1.165) is 15.8 Å². The third-order valence-electron chi connectivity index (χ3n) is 2.70. The van der Waals surface area contributed by atoms with E-state index in [4.69, 9.17) is 5.11 Å². The van der Waals surface area contributed by atoms with Crippen LogP contribution in [0.4, 0.5) is 0 Å². The molecule has 0 aliphatic heterocycles. The van der Waals surface area contributed by atoms with Crippen molar-refractivity contribution in [2.24, 2.45) is 0 Å². The lowest BCUT2D eigenvalue weighted by molar-refractivity contribution is -0.140.